The van der Waals surface area contributed by atoms with Gasteiger partial charge in [0.2, 0.25) is 0 Å². The number of nitrogens with zero attached hydrogens (tertiary/aromatic N) is 2. The van der Waals surface area contributed by atoms with Crippen molar-refractivity contribution in [3.05, 3.63) is 70.8 Å². The number of nitriles is 2. The van der Waals surface area contributed by atoms with Gasteiger partial charge in [-0.2, -0.15) is 10.5 Å². The van der Waals surface area contributed by atoms with Gasteiger partial charge >= 0.3 is 0 Å². The first-order chi connectivity index (χ1) is 14.0. The SMILES string of the molecule is COc1ccc(C2=C(c3ccc(OC)cc3)C3C(C#N)=C(C#N)C2C3(C)C)cc1. The van der Waals surface area contributed by atoms with Crippen LogP contribution in [-0.2, 0) is 0 Å². The van der Waals surface area contributed by atoms with E-state index in [0.29, 0.717) is 11.1 Å². The summed E-state index contributed by atoms with van der Waals surface area (Å²) in [6.45, 7) is 4.31. The smallest absolute Gasteiger partial charge is 0.118 e. The average molecular weight is 382 g/mol. The first-order valence-electron chi connectivity index (χ1n) is 9.55. The maximum absolute atomic E-state index is 9.88. The number of allylic oxidation sites excluding steroid dienone is 4. The first-order valence-corrected chi connectivity index (χ1v) is 9.55. The van der Waals surface area contributed by atoms with Crippen molar-refractivity contribution < 1.29 is 9.47 Å². The fourth-order valence-corrected chi connectivity index (χ4v) is 5.00. The lowest BCUT2D eigenvalue weighted by Crippen LogP contribution is -2.22. The van der Waals surface area contributed by atoms with Crippen molar-refractivity contribution >= 4 is 11.1 Å². The number of hydrogen-bond acceptors (Lipinski definition) is 4. The largest absolute Gasteiger partial charge is 0.497 e. The third kappa shape index (κ3) is 2.64. The lowest BCUT2D eigenvalue weighted by Gasteiger charge is -2.27. The molecular weight excluding hydrogens is 360 g/mol. The second-order valence-electron chi connectivity index (χ2n) is 8.02. The highest BCUT2D eigenvalue weighted by molar-refractivity contribution is 6.01. The Morgan fingerprint density at radius 2 is 1.03 bits per heavy atom. The van der Waals surface area contributed by atoms with Crippen molar-refractivity contribution in [1.82, 2.24) is 0 Å². The van der Waals surface area contributed by atoms with E-state index in [1.54, 1.807) is 14.2 Å². The molecule has 0 heterocycles. The van der Waals surface area contributed by atoms with Gasteiger partial charge in [-0.15, -0.1) is 0 Å². The van der Waals surface area contributed by atoms with Crippen molar-refractivity contribution in [3.8, 4) is 23.6 Å². The van der Waals surface area contributed by atoms with Gasteiger partial charge in [0.25, 0.3) is 0 Å². The van der Waals surface area contributed by atoms with Crippen molar-refractivity contribution in [2.24, 2.45) is 17.3 Å². The first kappa shape index (κ1) is 18.8. The van der Waals surface area contributed by atoms with E-state index < -0.39 is 0 Å². The fourth-order valence-electron chi connectivity index (χ4n) is 5.00. The normalized spacial score (nSPS) is 21.7. The van der Waals surface area contributed by atoms with Crippen LogP contribution in [0.1, 0.15) is 25.0 Å². The molecule has 2 aromatic carbocycles. The van der Waals surface area contributed by atoms with Gasteiger partial charge in [-0.3, -0.25) is 0 Å². The van der Waals surface area contributed by atoms with Gasteiger partial charge in [0, 0.05) is 11.8 Å². The summed E-state index contributed by atoms with van der Waals surface area (Å²) in [5.41, 5.74) is 5.33. The lowest BCUT2D eigenvalue weighted by atomic mass is 9.74. The number of fused-ring (bicyclic) bond motifs is 2. The molecule has 0 radical (unpaired) electrons. The molecule has 4 nitrogen and oxygen atoms in total. The predicted molar refractivity (Wildman–Crippen MR) is 112 cm³/mol. The van der Waals surface area contributed by atoms with E-state index >= 15 is 0 Å². The van der Waals surface area contributed by atoms with Gasteiger partial charge in [0.15, 0.2) is 0 Å². The predicted octanol–water partition coefficient (Wildman–Crippen LogP) is 5.24. The minimum absolute atomic E-state index is 0.113. The number of rotatable bonds is 4. The Labute approximate surface area is 171 Å². The van der Waals surface area contributed by atoms with Crippen LogP contribution in [-0.4, -0.2) is 14.2 Å². The van der Waals surface area contributed by atoms with Gasteiger partial charge in [-0.25, -0.2) is 0 Å². The quantitative estimate of drug-likeness (QED) is 0.725. The minimum Gasteiger partial charge on any atom is -0.497 e. The Hall–Kier alpha value is -3.50. The van der Waals surface area contributed by atoms with E-state index in [4.69, 9.17) is 9.47 Å². The van der Waals surface area contributed by atoms with Crippen LogP contribution in [0.3, 0.4) is 0 Å². The number of ether oxygens (including phenoxy) is 2. The molecule has 0 saturated heterocycles. The maximum Gasteiger partial charge on any atom is 0.118 e. The summed E-state index contributed by atoms with van der Waals surface area (Å²) in [5, 5.41) is 19.8. The summed E-state index contributed by atoms with van der Waals surface area (Å²) in [7, 11) is 3.29. The fraction of sp³-hybridized carbons (Fsp3) is 0.280. The minimum atomic E-state index is -0.249. The highest BCUT2D eigenvalue weighted by Crippen LogP contribution is 2.67. The Bertz CT molecular complexity index is 1020. The number of hydrogen-bond donors (Lipinski definition) is 0. The summed E-state index contributed by atoms with van der Waals surface area (Å²) >= 11 is 0. The highest BCUT2D eigenvalue weighted by Gasteiger charge is 2.58. The van der Waals surface area contributed by atoms with Crippen LogP contribution >= 0.6 is 0 Å². The molecular formula is C25H22N2O2. The summed E-state index contributed by atoms with van der Waals surface area (Å²) in [4.78, 5) is 0. The molecule has 4 heteroatoms. The molecule has 4 rings (SSSR count). The van der Waals surface area contributed by atoms with E-state index in [1.165, 1.54) is 0 Å². The van der Waals surface area contributed by atoms with Gasteiger partial charge in [0.05, 0.1) is 37.5 Å². The molecule has 2 atom stereocenters. The van der Waals surface area contributed by atoms with Crippen molar-refractivity contribution in [2.45, 2.75) is 13.8 Å². The zero-order valence-corrected chi connectivity index (χ0v) is 17.0. The van der Waals surface area contributed by atoms with Crippen LogP contribution in [0.4, 0.5) is 0 Å². The third-order valence-electron chi connectivity index (χ3n) is 6.27. The summed E-state index contributed by atoms with van der Waals surface area (Å²) < 4.78 is 10.6. The van der Waals surface area contributed by atoms with Crippen molar-refractivity contribution in [3.63, 3.8) is 0 Å². The molecule has 2 aliphatic carbocycles. The van der Waals surface area contributed by atoms with Crippen LogP contribution in [0.25, 0.3) is 11.1 Å². The zero-order valence-electron chi connectivity index (χ0n) is 17.0. The standard InChI is InChI=1S/C25H22N2O2/c1-25(2)23-19(13-26)20(14-27)24(25)22(16-7-11-18(29-4)12-8-16)21(23)15-5-9-17(28-3)10-6-15/h5-12,23-24H,1-4H3. The number of methoxy groups -OCH3 is 2. The van der Waals surface area contributed by atoms with Crippen LogP contribution in [0.15, 0.2) is 59.7 Å². The van der Waals surface area contributed by atoms with E-state index in [9.17, 15) is 10.5 Å². The third-order valence-corrected chi connectivity index (χ3v) is 6.27. The van der Waals surface area contributed by atoms with E-state index in [0.717, 1.165) is 33.8 Å². The Kier molecular flexibility index (Phi) is 4.44. The van der Waals surface area contributed by atoms with E-state index in [2.05, 4.69) is 26.0 Å². The molecule has 0 amide bonds. The molecule has 144 valence electrons. The zero-order chi connectivity index (χ0) is 20.8. The Morgan fingerprint density at radius 1 is 0.690 bits per heavy atom. The molecule has 2 unspecified atom stereocenters. The molecule has 2 aliphatic rings. The van der Waals surface area contributed by atoms with Crippen LogP contribution in [0.5, 0.6) is 11.5 Å². The molecule has 29 heavy (non-hydrogen) atoms. The molecule has 2 bridgehead atoms. The second kappa shape index (κ2) is 6.83. The van der Waals surface area contributed by atoms with Crippen molar-refractivity contribution in [1.29, 1.82) is 10.5 Å². The van der Waals surface area contributed by atoms with Crippen molar-refractivity contribution in [2.75, 3.05) is 14.2 Å². The molecule has 0 spiro atoms. The van der Waals surface area contributed by atoms with Crippen LogP contribution < -0.4 is 9.47 Å². The summed E-state index contributed by atoms with van der Waals surface area (Å²) in [6.07, 6.45) is 0. The maximum atomic E-state index is 9.88. The van der Waals surface area contributed by atoms with E-state index in [1.807, 2.05) is 48.5 Å². The average Bonchev–Trinajstić information content (AvgIpc) is 3.13. The van der Waals surface area contributed by atoms with E-state index in [-0.39, 0.29) is 17.3 Å². The van der Waals surface area contributed by atoms with Gasteiger partial charge < -0.3 is 9.47 Å². The van der Waals surface area contributed by atoms with Gasteiger partial charge in [0.1, 0.15) is 11.5 Å². The molecule has 0 fully saturated rings. The second-order valence-corrected chi connectivity index (χ2v) is 8.02. The van der Waals surface area contributed by atoms with Crippen LogP contribution in [0, 0.1) is 39.9 Å². The lowest BCUT2D eigenvalue weighted by molar-refractivity contribution is 0.299. The molecule has 0 N–H and O–H groups in total. The molecule has 0 aliphatic heterocycles. The van der Waals surface area contributed by atoms with Crippen LogP contribution in [0.2, 0.25) is 0 Å². The summed E-state index contributed by atoms with van der Waals surface area (Å²) in [5.74, 6) is 1.35. The Morgan fingerprint density at radius 3 is 1.31 bits per heavy atom. The van der Waals surface area contributed by atoms with Gasteiger partial charge in [-0.05, 0) is 52.0 Å². The molecule has 0 saturated carbocycles. The monoisotopic (exact) mass is 382 g/mol. The topological polar surface area (TPSA) is 66.0 Å². The summed E-state index contributed by atoms with van der Waals surface area (Å²) in [6, 6.07) is 20.6. The highest BCUT2D eigenvalue weighted by atomic mass is 16.5. The Balaban J connectivity index is 1.97. The van der Waals surface area contributed by atoms with Gasteiger partial charge in [-0.1, -0.05) is 38.1 Å². The molecule has 2 aromatic rings. The molecule has 0 aromatic heterocycles. The number of benzene rings is 2.